The summed E-state index contributed by atoms with van der Waals surface area (Å²) in [6, 6.07) is 6.01. The number of anilines is 2. The normalized spacial score (nSPS) is 10.0. The number of hydrogen-bond acceptors (Lipinski definition) is 4. The predicted molar refractivity (Wildman–Crippen MR) is 66.0 cm³/mol. The zero-order valence-corrected chi connectivity index (χ0v) is 10.2. The lowest BCUT2D eigenvalue weighted by Crippen LogP contribution is -1.93. The molecule has 1 aromatic heterocycles. The van der Waals surface area contributed by atoms with Gasteiger partial charge >= 0.3 is 0 Å². The highest BCUT2D eigenvalue weighted by Gasteiger charge is 2.07. The minimum atomic E-state index is -0.418. The number of benzene rings is 1. The van der Waals surface area contributed by atoms with Crippen LogP contribution >= 0.6 is 11.3 Å². The molecule has 0 unspecified atom stereocenters. The Morgan fingerprint density at radius 3 is 2.76 bits per heavy atom. The van der Waals surface area contributed by atoms with Crippen LogP contribution in [0.5, 0.6) is 0 Å². The summed E-state index contributed by atoms with van der Waals surface area (Å²) in [4.78, 5) is 5.43. The Balaban J connectivity index is 2.33. The molecule has 0 amide bonds. The van der Waals surface area contributed by atoms with Crippen LogP contribution in [0.15, 0.2) is 18.2 Å². The lowest BCUT2D eigenvalue weighted by atomic mass is 10.2. The van der Waals surface area contributed by atoms with Crippen molar-refractivity contribution in [1.82, 2.24) is 4.98 Å². The molecule has 0 spiro atoms. The van der Waals surface area contributed by atoms with Gasteiger partial charge in [-0.15, -0.1) is 11.3 Å². The summed E-state index contributed by atoms with van der Waals surface area (Å²) in [5, 5.41) is 12.6. The maximum Gasteiger partial charge on any atom is 0.187 e. The maximum atomic E-state index is 12.9. The smallest absolute Gasteiger partial charge is 0.187 e. The van der Waals surface area contributed by atoms with Crippen molar-refractivity contribution in [3.63, 3.8) is 0 Å². The van der Waals surface area contributed by atoms with Crippen LogP contribution < -0.4 is 5.32 Å². The highest BCUT2D eigenvalue weighted by molar-refractivity contribution is 7.15. The fourth-order valence-corrected chi connectivity index (χ4v) is 2.19. The number of aromatic nitrogens is 1. The molecule has 0 aliphatic carbocycles. The van der Waals surface area contributed by atoms with Gasteiger partial charge in [-0.05, 0) is 32.0 Å². The Morgan fingerprint density at radius 2 is 2.18 bits per heavy atom. The monoisotopic (exact) mass is 247 g/mol. The van der Waals surface area contributed by atoms with Gasteiger partial charge in [0, 0.05) is 4.88 Å². The number of rotatable bonds is 2. The summed E-state index contributed by atoms with van der Waals surface area (Å²) >= 11 is 1.51. The number of halogens is 1. The molecule has 2 rings (SSSR count). The van der Waals surface area contributed by atoms with E-state index in [1.54, 1.807) is 6.07 Å². The second kappa shape index (κ2) is 4.52. The third kappa shape index (κ3) is 2.43. The van der Waals surface area contributed by atoms with Crippen molar-refractivity contribution in [2.45, 2.75) is 13.8 Å². The van der Waals surface area contributed by atoms with Gasteiger partial charge in [-0.1, -0.05) is 0 Å². The van der Waals surface area contributed by atoms with E-state index < -0.39 is 5.82 Å². The summed E-state index contributed by atoms with van der Waals surface area (Å²) < 4.78 is 12.9. The Kier molecular flexibility index (Phi) is 3.07. The van der Waals surface area contributed by atoms with Crippen molar-refractivity contribution in [3.05, 3.63) is 40.2 Å². The van der Waals surface area contributed by atoms with Crippen LogP contribution in [0.2, 0.25) is 0 Å². The number of thiazole rings is 1. The molecule has 5 heteroatoms. The van der Waals surface area contributed by atoms with Crippen LogP contribution in [-0.4, -0.2) is 4.98 Å². The molecule has 3 nitrogen and oxygen atoms in total. The van der Waals surface area contributed by atoms with Gasteiger partial charge in [0.25, 0.3) is 0 Å². The quantitative estimate of drug-likeness (QED) is 0.883. The molecule has 0 aliphatic heterocycles. The van der Waals surface area contributed by atoms with Gasteiger partial charge in [-0.2, -0.15) is 5.26 Å². The SMILES string of the molecule is Cc1nc(Nc2ccc(F)cc2C#N)sc1C. The zero-order chi connectivity index (χ0) is 12.4. The average Bonchev–Trinajstić information content (AvgIpc) is 2.60. The Morgan fingerprint density at radius 1 is 1.41 bits per heavy atom. The Bertz CT molecular complexity index is 579. The van der Waals surface area contributed by atoms with Gasteiger partial charge < -0.3 is 5.32 Å². The summed E-state index contributed by atoms with van der Waals surface area (Å²) in [5.74, 6) is -0.418. The van der Waals surface area contributed by atoms with E-state index in [0.717, 1.165) is 10.6 Å². The molecular weight excluding hydrogens is 237 g/mol. The van der Waals surface area contributed by atoms with E-state index in [-0.39, 0.29) is 5.56 Å². The van der Waals surface area contributed by atoms with Crippen LogP contribution in [0, 0.1) is 31.0 Å². The first-order valence-corrected chi connectivity index (χ1v) is 5.82. The molecule has 0 fully saturated rings. The average molecular weight is 247 g/mol. The second-order valence-electron chi connectivity index (χ2n) is 3.59. The third-order valence-electron chi connectivity index (χ3n) is 2.37. The molecule has 0 atom stereocenters. The molecular formula is C12H10FN3S. The molecule has 0 saturated heterocycles. The van der Waals surface area contributed by atoms with Crippen LogP contribution in [0.25, 0.3) is 0 Å². The number of hydrogen-bond donors (Lipinski definition) is 1. The molecule has 0 saturated carbocycles. The lowest BCUT2D eigenvalue weighted by molar-refractivity contribution is 0.627. The van der Waals surface area contributed by atoms with Crippen LogP contribution in [-0.2, 0) is 0 Å². The van der Waals surface area contributed by atoms with Gasteiger partial charge in [0.05, 0.1) is 16.9 Å². The minimum Gasteiger partial charge on any atom is -0.330 e. The highest BCUT2D eigenvalue weighted by Crippen LogP contribution is 2.26. The predicted octanol–water partition coefficient (Wildman–Crippen LogP) is 3.51. The van der Waals surface area contributed by atoms with Crippen molar-refractivity contribution in [3.8, 4) is 6.07 Å². The maximum absolute atomic E-state index is 12.9. The standard InChI is InChI=1S/C12H10FN3S/c1-7-8(2)17-12(15-7)16-11-4-3-10(13)5-9(11)6-14/h3-5H,1-2H3,(H,15,16). The summed E-state index contributed by atoms with van der Waals surface area (Å²) in [5.41, 5.74) is 1.80. The van der Waals surface area contributed by atoms with Crippen molar-refractivity contribution in [2.24, 2.45) is 0 Å². The summed E-state index contributed by atoms with van der Waals surface area (Å²) in [6.45, 7) is 3.90. The molecule has 1 aromatic carbocycles. The number of nitrogens with zero attached hydrogens (tertiary/aromatic N) is 2. The van der Waals surface area contributed by atoms with Gasteiger partial charge in [0.15, 0.2) is 5.13 Å². The van der Waals surface area contributed by atoms with E-state index >= 15 is 0 Å². The van der Waals surface area contributed by atoms with E-state index in [1.165, 1.54) is 23.5 Å². The van der Waals surface area contributed by atoms with Crippen molar-refractivity contribution in [2.75, 3.05) is 5.32 Å². The first-order valence-electron chi connectivity index (χ1n) is 5.01. The highest BCUT2D eigenvalue weighted by atomic mass is 32.1. The van der Waals surface area contributed by atoms with Crippen LogP contribution in [0.4, 0.5) is 15.2 Å². The van der Waals surface area contributed by atoms with Crippen LogP contribution in [0.1, 0.15) is 16.1 Å². The largest absolute Gasteiger partial charge is 0.330 e. The number of nitrogens with one attached hydrogen (secondary N) is 1. The van der Waals surface area contributed by atoms with E-state index in [4.69, 9.17) is 5.26 Å². The second-order valence-corrected chi connectivity index (χ2v) is 4.79. The summed E-state index contributed by atoms with van der Waals surface area (Å²) in [6.07, 6.45) is 0. The Labute approximate surface area is 103 Å². The summed E-state index contributed by atoms with van der Waals surface area (Å²) in [7, 11) is 0. The molecule has 17 heavy (non-hydrogen) atoms. The van der Waals surface area contributed by atoms with E-state index in [1.807, 2.05) is 19.9 Å². The third-order valence-corrected chi connectivity index (χ3v) is 3.36. The van der Waals surface area contributed by atoms with Gasteiger partial charge in [-0.3, -0.25) is 0 Å². The molecule has 1 N–H and O–H groups in total. The van der Waals surface area contributed by atoms with Crippen LogP contribution in [0.3, 0.4) is 0 Å². The zero-order valence-electron chi connectivity index (χ0n) is 9.41. The fourth-order valence-electron chi connectivity index (χ4n) is 1.36. The molecule has 1 heterocycles. The fraction of sp³-hybridized carbons (Fsp3) is 0.167. The van der Waals surface area contributed by atoms with Crippen molar-refractivity contribution < 1.29 is 4.39 Å². The lowest BCUT2D eigenvalue weighted by Gasteiger charge is -2.04. The van der Waals surface area contributed by atoms with E-state index in [9.17, 15) is 4.39 Å². The van der Waals surface area contributed by atoms with Crippen molar-refractivity contribution in [1.29, 1.82) is 5.26 Å². The number of nitriles is 1. The van der Waals surface area contributed by atoms with E-state index in [0.29, 0.717) is 10.8 Å². The van der Waals surface area contributed by atoms with Gasteiger partial charge in [-0.25, -0.2) is 9.37 Å². The number of aryl methyl sites for hydroxylation is 2. The van der Waals surface area contributed by atoms with Gasteiger partial charge in [0.2, 0.25) is 0 Å². The first kappa shape index (κ1) is 11.6. The Hall–Kier alpha value is -1.93. The van der Waals surface area contributed by atoms with E-state index in [2.05, 4.69) is 10.3 Å². The molecule has 0 aliphatic rings. The molecule has 86 valence electrons. The molecule has 0 bridgehead atoms. The first-order chi connectivity index (χ1) is 8.10. The minimum absolute atomic E-state index is 0.274. The molecule has 0 radical (unpaired) electrons. The topological polar surface area (TPSA) is 48.7 Å². The molecule has 2 aromatic rings. The van der Waals surface area contributed by atoms with Gasteiger partial charge in [0.1, 0.15) is 11.9 Å². The van der Waals surface area contributed by atoms with Crippen molar-refractivity contribution >= 4 is 22.2 Å².